The van der Waals surface area contributed by atoms with E-state index in [4.69, 9.17) is 10.2 Å². The molecule has 1 saturated carbocycles. The van der Waals surface area contributed by atoms with Crippen molar-refractivity contribution in [3.05, 3.63) is 11.1 Å². The number of allylic oxidation sites excluding steroid dienone is 1. The summed E-state index contributed by atoms with van der Waals surface area (Å²) in [6.07, 6.45) is 5.17. The molecule has 0 aromatic heterocycles. The van der Waals surface area contributed by atoms with Crippen LogP contribution in [0.25, 0.3) is 0 Å². The predicted octanol–water partition coefficient (Wildman–Crippen LogP) is 1.81. The number of aliphatic carboxylic acids is 2. The van der Waals surface area contributed by atoms with Crippen molar-refractivity contribution >= 4 is 11.9 Å². The summed E-state index contributed by atoms with van der Waals surface area (Å²) in [5.41, 5.74) is 0.189. The normalized spacial score (nSPS) is 17.3. The molecule has 4 heteroatoms. The number of hydrogen-bond acceptors (Lipinski definition) is 2. The van der Waals surface area contributed by atoms with Crippen LogP contribution in [0.15, 0.2) is 11.1 Å². The van der Waals surface area contributed by atoms with Crippen LogP contribution >= 0.6 is 0 Å². The third kappa shape index (κ3) is 2.58. The fourth-order valence-corrected chi connectivity index (χ4v) is 1.80. The van der Waals surface area contributed by atoms with Gasteiger partial charge in [-0.25, -0.2) is 9.59 Å². The largest absolute Gasteiger partial charge is 0.477 e. The van der Waals surface area contributed by atoms with E-state index < -0.39 is 17.5 Å². The van der Waals surface area contributed by atoms with Crippen LogP contribution in [0.4, 0.5) is 0 Å². The van der Waals surface area contributed by atoms with Crippen molar-refractivity contribution in [2.45, 2.75) is 38.5 Å². The summed E-state index contributed by atoms with van der Waals surface area (Å²) in [4.78, 5) is 21.4. The first-order valence-electron chi connectivity index (χ1n) is 4.81. The lowest BCUT2D eigenvalue weighted by molar-refractivity contribution is -0.140. The minimum absolute atomic E-state index is 0.410. The second-order valence-corrected chi connectivity index (χ2v) is 3.50. The molecule has 0 heterocycles. The zero-order valence-corrected chi connectivity index (χ0v) is 7.95. The van der Waals surface area contributed by atoms with Gasteiger partial charge in [-0.15, -0.1) is 0 Å². The van der Waals surface area contributed by atoms with Gasteiger partial charge in [0.2, 0.25) is 0 Å². The molecule has 0 spiro atoms. The van der Waals surface area contributed by atoms with Gasteiger partial charge < -0.3 is 10.2 Å². The highest BCUT2D eigenvalue weighted by molar-refractivity contribution is 6.13. The minimum Gasteiger partial charge on any atom is -0.477 e. The van der Waals surface area contributed by atoms with E-state index in [1.807, 2.05) is 0 Å². The lowest BCUT2D eigenvalue weighted by atomic mass is 10.0. The monoisotopic (exact) mass is 198 g/mol. The van der Waals surface area contributed by atoms with Crippen molar-refractivity contribution < 1.29 is 19.8 Å². The molecule has 0 radical (unpaired) electrons. The molecule has 0 bridgehead atoms. The first kappa shape index (κ1) is 10.8. The van der Waals surface area contributed by atoms with Crippen LogP contribution < -0.4 is 0 Å². The Morgan fingerprint density at radius 1 is 0.857 bits per heavy atom. The van der Waals surface area contributed by atoms with Gasteiger partial charge in [-0.3, -0.25) is 0 Å². The summed E-state index contributed by atoms with van der Waals surface area (Å²) in [7, 11) is 0. The van der Waals surface area contributed by atoms with Crippen LogP contribution in [0.5, 0.6) is 0 Å². The van der Waals surface area contributed by atoms with Gasteiger partial charge in [0, 0.05) is 0 Å². The van der Waals surface area contributed by atoms with E-state index in [9.17, 15) is 9.59 Å². The van der Waals surface area contributed by atoms with Crippen molar-refractivity contribution in [1.82, 2.24) is 0 Å². The average Bonchev–Trinajstić information content (AvgIpc) is 2.31. The molecule has 0 aromatic rings. The Bertz CT molecular complexity index is 252. The van der Waals surface area contributed by atoms with Crippen molar-refractivity contribution in [3.8, 4) is 0 Å². The maximum atomic E-state index is 10.7. The van der Waals surface area contributed by atoms with Crippen molar-refractivity contribution in [2.75, 3.05) is 0 Å². The smallest absolute Gasteiger partial charge is 0.343 e. The average molecular weight is 198 g/mol. The van der Waals surface area contributed by atoms with Crippen LogP contribution in [0.1, 0.15) is 38.5 Å². The highest BCUT2D eigenvalue weighted by Crippen LogP contribution is 2.25. The Hall–Kier alpha value is -1.32. The van der Waals surface area contributed by atoms with Gasteiger partial charge in [-0.05, 0) is 31.3 Å². The topological polar surface area (TPSA) is 74.6 Å². The lowest BCUT2D eigenvalue weighted by Gasteiger charge is -2.05. The number of carboxylic acids is 2. The summed E-state index contributed by atoms with van der Waals surface area (Å²) in [6.45, 7) is 0. The van der Waals surface area contributed by atoms with Crippen LogP contribution in [-0.2, 0) is 9.59 Å². The van der Waals surface area contributed by atoms with Crippen LogP contribution in [0.2, 0.25) is 0 Å². The van der Waals surface area contributed by atoms with Gasteiger partial charge in [-0.2, -0.15) is 0 Å². The molecule has 0 aliphatic heterocycles. The fraction of sp³-hybridized carbons (Fsp3) is 0.600. The quantitative estimate of drug-likeness (QED) is 0.307. The Balaban J connectivity index is 2.94. The lowest BCUT2D eigenvalue weighted by Crippen LogP contribution is -2.14. The van der Waals surface area contributed by atoms with Gasteiger partial charge >= 0.3 is 11.9 Å². The second kappa shape index (κ2) is 4.79. The first-order valence-corrected chi connectivity index (χ1v) is 4.81. The Morgan fingerprint density at radius 3 is 1.64 bits per heavy atom. The first-order chi connectivity index (χ1) is 6.63. The number of rotatable bonds is 2. The summed E-state index contributed by atoms with van der Waals surface area (Å²) in [5, 5.41) is 17.5. The fourth-order valence-electron chi connectivity index (χ4n) is 1.80. The van der Waals surface area contributed by atoms with E-state index >= 15 is 0 Å². The zero-order chi connectivity index (χ0) is 10.6. The SMILES string of the molecule is O=C(O)C(C(=O)O)=C1CCCCCC1. The molecule has 0 atom stereocenters. The molecule has 0 saturated heterocycles. The molecule has 0 aromatic carbocycles. The molecule has 14 heavy (non-hydrogen) atoms. The van der Waals surface area contributed by atoms with Crippen LogP contribution in [0.3, 0.4) is 0 Å². The Kier molecular flexibility index (Phi) is 3.68. The van der Waals surface area contributed by atoms with E-state index in [2.05, 4.69) is 0 Å². The molecular formula is C10H14O4. The van der Waals surface area contributed by atoms with Gasteiger partial charge in [0.15, 0.2) is 0 Å². The maximum absolute atomic E-state index is 10.7. The summed E-state index contributed by atoms with van der Waals surface area (Å²) >= 11 is 0. The number of carboxylic acid groups (broad SMARTS) is 2. The van der Waals surface area contributed by atoms with Gasteiger partial charge in [0.25, 0.3) is 0 Å². The molecule has 1 fully saturated rings. The molecule has 4 nitrogen and oxygen atoms in total. The number of hydrogen-bond donors (Lipinski definition) is 2. The molecule has 1 aliphatic rings. The summed E-state index contributed by atoms with van der Waals surface area (Å²) in [6, 6.07) is 0. The van der Waals surface area contributed by atoms with E-state index in [0.29, 0.717) is 18.4 Å². The molecular weight excluding hydrogens is 184 g/mol. The van der Waals surface area contributed by atoms with Gasteiger partial charge in [-0.1, -0.05) is 12.8 Å². The number of carbonyl (C=O) groups is 2. The molecule has 78 valence electrons. The molecule has 2 N–H and O–H groups in total. The van der Waals surface area contributed by atoms with Crippen molar-refractivity contribution in [3.63, 3.8) is 0 Å². The molecule has 1 aliphatic carbocycles. The van der Waals surface area contributed by atoms with Gasteiger partial charge in [0.05, 0.1) is 0 Å². The maximum Gasteiger partial charge on any atom is 0.343 e. The Labute approximate surface area is 82.2 Å². The Morgan fingerprint density at radius 2 is 1.29 bits per heavy atom. The third-order valence-electron chi connectivity index (χ3n) is 2.49. The molecule has 1 rings (SSSR count). The van der Waals surface area contributed by atoms with Gasteiger partial charge in [0.1, 0.15) is 5.57 Å². The summed E-state index contributed by atoms with van der Waals surface area (Å²) < 4.78 is 0. The predicted molar refractivity (Wildman–Crippen MR) is 50.0 cm³/mol. The second-order valence-electron chi connectivity index (χ2n) is 3.50. The van der Waals surface area contributed by atoms with E-state index in [0.717, 1.165) is 25.7 Å². The van der Waals surface area contributed by atoms with E-state index in [-0.39, 0.29) is 0 Å². The molecule has 0 amide bonds. The van der Waals surface area contributed by atoms with E-state index in [1.165, 1.54) is 0 Å². The van der Waals surface area contributed by atoms with Crippen LogP contribution in [-0.4, -0.2) is 22.2 Å². The highest BCUT2D eigenvalue weighted by atomic mass is 16.4. The highest BCUT2D eigenvalue weighted by Gasteiger charge is 2.22. The van der Waals surface area contributed by atoms with E-state index in [1.54, 1.807) is 0 Å². The standard InChI is InChI=1S/C10H14O4/c11-9(12)8(10(13)14)7-5-3-1-2-4-6-7/h1-6H2,(H,11,12)(H,13,14). The van der Waals surface area contributed by atoms with Crippen LogP contribution in [0, 0.1) is 0 Å². The zero-order valence-electron chi connectivity index (χ0n) is 7.95. The molecule has 0 unspecified atom stereocenters. The third-order valence-corrected chi connectivity index (χ3v) is 2.49. The summed E-state index contributed by atoms with van der Waals surface area (Å²) in [5.74, 6) is -2.62. The van der Waals surface area contributed by atoms with Crippen molar-refractivity contribution in [2.24, 2.45) is 0 Å². The minimum atomic E-state index is -1.31. The van der Waals surface area contributed by atoms with Crippen molar-refractivity contribution in [1.29, 1.82) is 0 Å².